The van der Waals surface area contributed by atoms with E-state index in [2.05, 4.69) is 24.9 Å². The summed E-state index contributed by atoms with van der Waals surface area (Å²) < 4.78 is 68.8. The fourth-order valence-electron chi connectivity index (χ4n) is 3.21. The summed E-state index contributed by atoms with van der Waals surface area (Å²) in [5.74, 6) is -2.58. The highest BCUT2D eigenvalue weighted by Gasteiger charge is 2.34. The van der Waals surface area contributed by atoms with Crippen LogP contribution in [0.15, 0.2) is 86.9 Å². The molecule has 1 aliphatic rings. The molecule has 200 valence electrons. The number of alkyl halides is 3. The first-order chi connectivity index (χ1) is 18.6. The van der Waals surface area contributed by atoms with Crippen LogP contribution in [0.3, 0.4) is 0 Å². The molecule has 1 heterocycles. The molecule has 1 saturated heterocycles. The number of aliphatic imine (C=N–C) groups is 2. The quantitative estimate of drug-likeness (QED) is 0.181. The minimum atomic E-state index is -4.78. The highest BCUT2D eigenvalue weighted by Crippen LogP contribution is 2.31. The summed E-state index contributed by atoms with van der Waals surface area (Å²) >= 11 is 1.00. The van der Waals surface area contributed by atoms with Gasteiger partial charge in [-0.25, -0.2) is 18.8 Å². The van der Waals surface area contributed by atoms with Gasteiger partial charge in [0.25, 0.3) is 0 Å². The number of anilines is 1. The molecule has 0 saturated carbocycles. The van der Waals surface area contributed by atoms with Crippen LogP contribution in [0.5, 0.6) is 5.75 Å². The van der Waals surface area contributed by atoms with Gasteiger partial charge >= 0.3 is 6.36 Å². The number of amides is 1. The highest BCUT2D eigenvalue weighted by molar-refractivity contribution is 8.15. The average molecular weight is 561 g/mol. The van der Waals surface area contributed by atoms with Crippen molar-refractivity contribution in [3.8, 4) is 5.75 Å². The zero-order chi connectivity index (χ0) is 28.0. The number of carbonyl (C=O) groups excluding carboxylic acids is 1. The number of nitrogens with zero attached hydrogens (tertiary/aromatic N) is 5. The highest BCUT2D eigenvalue weighted by atomic mass is 32.2. The van der Waals surface area contributed by atoms with Crippen LogP contribution in [-0.4, -0.2) is 41.6 Å². The van der Waals surface area contributed by atoms with Gasteiger partial charge in [-0.2, -0.15) is 5.10 Å². The lowest BCUT2D eigenvalue weighted by Crippen LogP contribution is -2.30. The largest absolute Gasteiger partial charge is 0.573 e. The number of rotatable bonds is 7. The third kappa shape index (κ3) is 7.25. The Labute approximate surface area is 222 Å². The number of hydrogen-bond donors (Lipinski definition) is 1. The van der Waals surface area contributed by atoms with Gasteiger partial charge in [-0.15, -0.1) is 18.3 Å². The van der Waals surface area contributed by atoms with Crippen LogP contribution >= 0.6 is 11.8 Å². The van der Waals surface area contributed by atoms with Crippen LogP contribution in [0.25, 0.3) is 0 Å². The third-order valence-electron chi connectivity index (χ3n) is 4.96. The van der Waals surface area contributed by atoms with E-state index in [9.17, 15) is 26.7 Å². The van der Waals surface area contributed by atoms with Gasteiger partial charge in [0.1, 0.15) is 35.2 Å². The Kier molecular flexibility index (Phi) is 8.34. The van der Waals surface area contributed by atoms with E-state index in [-0.39, 0.29) is 22.5 Å². The molecule has 4 rings (SSSR count). The molecular weight excluding hydrogens is 543 g/mol. The number of para-hydroxylation sites is 1. The number of amidine groups is 2. The van der Waals surface area contributed by atoms with Crippen molar-refractivity contribution < 1.29 is 31.5 Å². The minimum Gasteiger partial charge on any atom is -0.406 e. The van der Waals surface area contributed by atoms with Gasteiger partial charge in [0.15, 0.2) is 5.17 Å². The first-order valence-corrected chi connectivity index (χ1v) is 11.9. The van der Waals surface area contributed by atoms with Crippen molar-refractivity contribution in [2.24, 2.45) is 25.9 Å². The molecule has 0 aromatic heterocycles. The summed E-state index contributed by atoms with van der Waals surface area (Å²) in [5, 5.41) is 7.91. The van der Waals surface area contributed by atoms with Crippen LogP contribution < -0.4 is 15.4 Å². The molecule has 2 N–H and O–H groups in total. The lowest BCUT2D eigenvalue weighted by Gasteiger charge is -2.16. The van der Waals surface area contributed by atoms with Crippen molar-refractivity contribution in [1.29, 1.82) is 0 Å². The Morgan fingerprint density at radius 1 is 1.00 bits per heavy atom. The molecule has 1 fully saturated rings. The molecule has 0 unspecified atom stereocenters. The Bertz CT molecular complexity index is 1450. The van der Waals surface area contributed by atoms with Crippen LogP contribution in [0.4, 0.5) is 33.3 Å². The molecule has 1 amide bonds. The van der Waals surface area contributed by atoms with Gasteiger partial charge in [0, 0.05) is 5.56 Å². The predicted octanol–water partition coefficient (Wildman–Crippen LogP) is 5.40. The molecule has 8 nitrogen and oxygen atoms in total. The Hall–Kier alpha value is -4.59. The number of benzene rings is 3. The summed E-state index contributed by atoms with van der Waals surface area (Å²) in [6.45, 7) is 0. The first kappa shape index (κ1) is 27.4. The van der Waals surface area contributed by atoms with E-state index in [4.69, 9.17) is 5.73 Å². The number of carbonyl (C=O) groups is 1. The molecule has 0 aliphatic carbocycles. The molecule has 0 spiro atoms. The van der Waals surface area contributed by atoms with E-state index >= 15 is 0 Å². The SMILES string of the molecule is NC(=NC=Nc1ccc(OC(F)(F)F)cc1)c1ccc(/C=N/N=C2\SCC(=O)N2c2c(F)cccc2F)cc1. The number of ether oxygens (including phenoxy) is 1. The van der Waals surface area contributed by atoms with Crippen LogP contribution in [0.1, 0.15) is 11.1 Å². The van der Waals surface area contributed by atoms with E-state index < -0.39 is 29.6 Å². The van der Waals surface area contributed by atoms with Gasteiger partial charge in [0.05, 0.1) is 17.7 Å². The molecule has 3 aromatic carbocycles. The standard InChI is InChI=1S/C25H17F5N6O2S/c26-19-2-1-3-20(27)22(19)36-21(37)13-39-24(36)35-34-12-15-4-6-16(7-5-15)23(31)33-14-32-17-8-10-18(11-9-17)38-25(28,29)30/h1-12,14H,13H2,(H2,31,32,33)/b34-12+,35-24-. The number of thioether (sulfide) groups is 1. The lowest BCUT2D eigenvalue weighted by atomic mass is 10.1. The molecule has 0 atom stereocenters. The summed E-state index contributed by atoms with van der Waals surface area (Å²) in [6, 6.07) is 14.8. The summed E-state index contributed by atoms with van der Waals surface area (Å²) in [6.07, 6.45) is -2.23. The van der Waals surface area contributed by atoms with Crippen molar-refractivity contribution in [2.75, 3.05) is 10.7 Å². The van der Waals surface area contributed by atoms with Gasteiger partial charge in [0.2, 0.25) is 5.91 Å². The number of halogens is 5. The van der Waals surface area contributed by atoms with E-state index in [1.807, 2.05) is 0 Å². The normalized spacial score (nSPS) is 15.7. The second kappa shape index (κ2) is 11.9. The van der Waals surface area contributed by atoms with E-state index in [1.165, 1.54) is 24.4 Å². The Morgan fingerprint density at radius 2 is 1.67 bits per heavy atom. The summed E-state index contributed by atoms with van der Waals surface area (Å²) in [5.41, 5.74) is 6.95. The molecule has 14 heteroatoms. The second-order valence-corrected chi connectivity index (χ2v) is 8.58. The Morgan fingerprint density at radius 3 is 2.31 bits per heavy atom. The summed E-state index contributed by atoms with van der Waals surface area (Å²) in [4.78, 5) is 21.1. The van der Waals surface area contributed by atoms with Crippen molar-refractivity contribution in [3.05, 3.63) is 89.5 Å². The lowest BCUT2D eigenvalue weighted by molar-refractivity contribution is -0.274. The number of nitrogens with two attached hydrogens (primary N) is 1. The van der Waals surface area contributed by atoms with E-state index in [0.717, 1.165) is 47.3 Å². The van der Waals surface area contributed by atoms with E-state index in [0.29, 0.717) is 16.8 Å². The maximum atomic E-state index is 14.2. The van der Waals surface area contributed by atoms with Gasteiger partial charge in [-0.05, 0) is 42.0 Å². The topological polar surface area (TPSA) is 105 Å². The van der Waals surface area contributed by atoms with Crippen molar-refractivity contribution in [1.82, 2.24) is 0 Å². The van der Waals surface area contributed by atoms with Crippen LogP contribution in [0, 0.1) is 11.6 Å². The maximum Gasteiger partial charge on any atom is 0.573 e. The van der Waals surface area contributed by atoms with Crippen molar-refractivity contribution in [3.63, 3.8) is 0 Å². The smallest absolute Gasteiger partial charge is 0.406 e. The van der Waals surface area contributed by atoms with E-state index in [1.54, 1.807) is 24.3 Å². The molecule has 0 radical (unpaired) electrons. The third-order valence-corrected chi connectivity index (χ3v) is 5.87. The molecule has 3 aromatic rings. The molecule has 1 aliphatic heterocycles. The molecule has 39 heavy (non-hydrogen) atoms. The maximum absolute atomic E-state index is 14.2. The Balaban J connectivity index is 1.39. The zero-order valence-corrected chi connectivity index (χ0v) is 20.5. The summed E-state index contributed by atoms with van der Waals surface area (Å²) in [7, 11) is 0. The number of hydrogen-bond acceptors (Lipinski definition) is 6. The fourth-order valence-corrected chi connectivity index (χ4v) is 4.02. The first-order valence-electron chi connectivity index (χ1n) is 10.9. The van der Waals surface area contributed by atoms with Gasteiger partial charge < -0.3 is 10.5 Å². The minimum absolute atomic E-state index is 0.0312. The monoisotopic (exact) mass is 560 g/mol. The average Bonchev–Trinajstić information content (AvgIpc) is 3.24. The van der Waals surface area contributed by atoms with Crippen molar-refractivity contribution in [2.45, 2.75) is 6.36 Å². The second-order valence-electron chi connectivity index (χ2n) is 7.64. The van der Waals surface area contributed by atoms with Gasteiger partial charge in [-0.1, -0.05) is 42.1 Å². The predicted molar refractivity (Wildman–Crippen MR) is 140 cm³/mol. The molecular formula is C25H17F5N6O2S. The van der Waals surface area contributed by atoms with Crippen LogP contribution in [0.2, 0.25) is 0 Å². The molecule has 0 bridgehead atoms. The van der Waals surface area contributed by atoms with Crippen LogP contribution in [-0.2, 0) is 4.79 Å². The fraction of sp³-hybridized carbons (Fsp3) is 0.0800. The zero-order valence-electron chi connectivity index (χ0n) is 19.6. The van der Waals surface area contributed by atoms with Crippen molar-refractivity contribution >= 4 is 52.6 Å². The van der Waals surface area contributed by atoms with Gasteiger partial charge in [-0.3, -0.25) is 9.69 Å².